The van der Waals surface area contributed by atoms with Crippen LogP contribution in [0, 0.1) is 6.92 Å². The Morgan fingerprint density at radius 1 is 0.667 bits per heavy atom. The van der Waals surface area contributed by atoms with Crippen molar-refractivity contribution in [3.05, 3.63) is 113 Å². The molecule has 4 rings (SSSR count). The molecule has 0 fully saturated rings. The van der Waals surface area contributed by atoms with Gasteiger partial charge in [-0.25, -0.2) is 0 Å². The van der Waals surface area contributed by atoms with Crippen LogP contribution >= 0.6 is 0 Å². The minimum absolute atomic E-state index is 1.13. The Balaban J connectivity index is 2.17. The Bertz CT molecular complexity index is 941. The van der Waals surface area contributed by atoms with E-state index >= 15 is 0 Å². The number of benzene rings is 3. The van der Waals surface area contributed by atoms with Crippen LogP contribution in [0.2, 0.25) is 0 Å². The number of rotatable bonds is 4. The second-order valence-electron chi connectivity index (χ2n) is 7.40. The Morgan fingerprint density at radius 2 is 1.22 bits per heavy atom. The van der Waals surface area contributed by atoms with Crippen LogP contribution in [-0.4, -0.2) is 8.07 Å². The first kappa shape index (κ1) is 17.8. The van der Waals surface area contributed by atoms with Crippen molar-refractivity contribution in [2.45, 2.75) is 26.7 Å². The van der Waals surface area contributed by atoms with Crippen LogP contribution < -0.4 is 15.6 Å². The number of hydrogen-bond donors (Lipinski definition) is 0. The third-order valence-electron chi connectivity index (χ3n) is 5.82. The van der Waals surface area contributed by atoms with E-state index in [9.17, 15) is 0 Å². The van der Waals surface area contributed by atoms with Crippen LogP contribution in [0.15, 0.2) is 108 Å². The van der Waals surface area contributed by atoms with E-state index in [1.54, 1.807) is 5.20 Å². The quantitative estimate of drug-likeness (QED) is 0.465. The summed E-state index contributed by atoms with van der Waals surface area (Å²) in [5, 5.41) is 6.13. The van der Waals surface area contributed by atoms with Crippen molar-refractivity contribution in [2.75, 3.05) is 0 Å². The lowest BCUT2D eigenvalue weighted by atomic mass is 10.1. The molecule has 0 N–H and O–H groups in total. The van der Waals surface area contributed by atoms with E-state index in [-0.39, 0.29) is 0 Å². The van der Waals surface area contributed by atoms with E-state index in [0.717, 1.165) is 12.8 Å². The molecular weight excluding hydrogens is 340 g/mol. The van der Waals surface area contributed by atoms with Gasteiger partial charge < -0.3 is 0 Å². The summed E-state index contributed by atoms with van der Waals surface area (Å²) >= 11 is 0. The van der Waals surface area contributed by atoms with Gasteiger partial charge >= 0.3 is 0 Å². The highest BCUT2D eigenvalue weighted by atomic mass is 28.3. The predicted molar refractivity (Wildman–Crippen MR) is 120 cm³/mol. The van der Waals surface area contributed by atoms with Crippen molar-refractivity contribution in [2.24, 2.45) is 0 Å². The Kier molecular flexibility index (Phi) is 4.96. The first-order valence-electron chi connectivity index (χ1n) is 9.78. The van der Waals surface area contributed by atoms with Crippen molar-refractivity contribution < 1.29 is 0 Å². The molecule has 0 saturated heterocycles. The molecule has 27 heavy (non-hydrogen) atoms. The number of allylic oxidation sites excluding steroid dienone is 4. The fourth-order valence-corrected chi connectivity index (χ4v) is 10.2. The molecular formula is C26H26Si. The van der Waals surface area contributed by atoms with Gasteiger partial charge in [0.15, 0.2) is 8.07 Å². The second-order valence-corrected chi connectivity index (χ2v) is 11.2. The van der Waals surface area contributed by atoms with E-state index in [2.05, 4.69) is 111 Å². The van der Waals surface area contributed by atoms with Gasteiger partial charge in [0, 0.05) is 0 Å². The van der Waals surface area contributed by atoms with E-state index in [4.69, 9.17) is 0 Å². The molecule has 0 saturated carbocycles. The topological polar surface area (TPSA) is 0 Å². The Morgan fingerprint density at radius 3 is 1.78 bits per heavy atom. The molecule has 0 amide bonds. The lowest BCUT2D eigenvalue weighted by Crippen LogP contribution is -2.69. The van der Waals surface area contributed by atoms with Crippen molar-refractivity contribution in [1.82, 2.24) is 0 Å². The molecule has 0 radical (unpaired) electrons. The SMILES string of the molecule is CC1=C([Si](c2ccccc2)(c2ccccc2)c2ccccc2C)CCC=C1. The molecule has 0 bridgehead atoms. The van der Waals surface area contributed by atoms with Gasteiger partial charge in [-0.1, -0.05) is 113 Å². The molecule has 3 aromatic carbocycles. The summed E-state index contributed by atoms with van der Waals surface area (Å²) in [5.41, 5.74) is 2.84. The van der Waals surface area contributed by atoms with Crippen LogP contribution in [0.3, 0.4) is 0 Å². The number of aryl methyl sites for hydroxylation is 1. The van der Waals surface area contributed by atoms with Crippen molar-refractivity contribution in [3.63, 3.8) is 0 Å². The van der Waals surface area contributed by atoms with E-state index < -0.39 is 8.07 Å². The molecule has 3 aromatic rings. The van der Waals surface area contributed by atoms with Crippen molar-refractivity contribution in [3.8, 4) is 0 Å². The highest BCUT2D eigenvalue weighted by Gasteiger charge is 2.44. The van der Waals surface area contributed by atoms with Crippen LogP contribution in [-0.2, 0) is 0 Å². The van der Waals surface area contributed by atoms with Crippen molar-refractivity contribution in [1.29, 1.82) is 0 Å². The van der Waals surface area contributed by atoms with Crippen LogP contribution in [0.4, 0.5) is 0 Å². The molecule has 0 nitrogen and oxygen atoms in total. The smallest absolute Gasteiger partial charge is 0.0840 e. The third-order valence-corrected chi connectivity index (χ3v) is 11.1. The predicted octanol–water partition coefficient (Wildman–Crippen LogP) is 4.67. The van der Waals surface area contributed by atoms with Crippen LogP contribution in [0.5, 0.6) is 0 Å². The molecule has 0 heterocycles. The lowest BCUT2D eigenvalue weighted by Gasteiger charge is -2.39. The molecule has 0 unspecified atom stereocenters. The number of hydrogen-bond acceptors (Lipinski definition) is 0. The van der Waals surface area contributed by atoms with Crippen LogP contribution in [0.1, 0.15) is 25.3 Å². The van der Waals surface area contributed by atoms with Gasteiger partial charge in [-0.15, -0.1) is 0 Å². The maximum absolute atomic E-state index is 2.38. The molecule has 1 heteroatoms. The Labute approximate surface area is 163 Å². The first-order valence-corrected chi connectivity index (χ1v) is 11.8. The molecule has 0 spiro atoms. The molecule has 1 aliphatic rings. The standard InChI is InChI=1S/C26H26Si/c1-21-13-9-11-19-25(21)27(23-15-5-3-6-16-23,24-17-7-4-8-18-24)26-20-12-10-14-22(26)2/h3-11,13-19H,12,20H2,1-2H3. The third kappa shape index (κ3) is 3.02. The Hall–Kier alpha value is -2.64. The normalized spacial score (nSPS) is 14.4. The monoisotopic (exact) mass is 366 g/mol. The largest absolute Gasteiger partial charge is 0.176 e. The molecule has 0 atom stereocenters. The average molecular weight is 367 g/mol. The summed E-state index contributed by atoms with van der Waals surface area (Å²) in [6.07, 6.45) is 6.94. The minimum Gasteiger partial charge on any atom is -0.0840 e. The van der Waals surface area contributed by atoms with Gasteiger partial charge in [-0.2, -0.15) is 0 Å². The lowest BCUT2D eigenvalue weighted by molar-refractivity contribution is 0.987. The van der Waals surface area contributed by atoms with E-state index in [0.29, 0.717) is 0 Å². The molecule has 0 aromatic heterocycles. The summed E-state index contributed by atoms with van der Waals surface area (Å²) in [6.45, 7) is 4.58. The summed E-state index contributed by atoms with van der Waals surface area (Å²) in [6, 6.07) is 31.5. The maximum Gasteiger partial charge on any atom is 0.176 e. The van der Waals surface area contributed by atoms with Crippen LogP contribution in [0.25, 0.3) is 0 Å². The summed E-state index contributed by atoms with van der Waals surface area (Å²) in [7, 11) is -2.30. The summed E-state index contributed by atoms with van der Waals surface area (Å²) in [5.74, 6) is 0. The average Bonchev–Trinajstić information content (AvgIpc) is 2.73. The van der Waals surface area contributed by atoms with E-state index in [1.807, 2.05) is 0 Å². The highest BCUT2D eigenvalue weighted by molar-refractivity contribution is 7.16. The zero-order chi connectivity index (χ0) is 18.7. The summed E-state index contributed by atoms with van der Waals surface area (Å²) < 4.78 is 0. The van der Waals surface area contributed by atoms with E-state index in [1.165, 1.54) is 26.7 Å². The maximum atomic E-state index is 2.38. The zero-order valence-corrected chi connectivity index (χ0v) is 17.2. The van der Waals surface area contributed by atoms with Gasteiger partial charge in [0.25, 0.3) is 0 Å². The fraction of sp³-hybridized carbons (Fsp3) is 0.154. The summed E-state index contributed by atoms with van der Waals surface area (Å²) in [4.78, 5) is 0. The minimum atomic E-state index is -2.30. The first-order chi connectivity index (χ1) is 13.2. The van der Waals surface area contributed by atoms with Crippen molar-refractivity contribution >= 4 is 23.6 Å². The molecule has 0 aliphatic heterocycles. The van der Waals surface area contributed by atoms with Gasteiger partial charge in [-0.05, 0) is 42.2 Å². The van der Waals surface area contributed by atoms with Gasteiger partial charge in [0.05, 0.1) is 0 Å². The highest BCUT2D eigenvalue weighted by Crippen LogP contribution is 2.29. The molecule has 1 aliphatic carbocycles. The molecule has 134 valence electrons. The van der Waals surface area contributed by atoms with Gasteiger partial charge in [-0.3, -0.25) is 0 Å². The fourth-order valence-electron chi connectivity index (χ4n) is 4.63. The van der Waals surface area contributed by atoms with Gasteiger partial charge in [0.2, 0.25) is 0 Å². The second kappa shape index (κ2) is 7.54. The van der Waals surface area contributed by atoms with Gasteiger partial charge in [0.1, 0.15) is 0 Å². The zero-order valence-electron chi connectivity index (χ0n) is 16.2.